The molecule has 0 amide bonds. The van der Waals surface area contributed by atoms with Gasteiger partial charge in [0.1, 0.15) is 5.01 Å². The van der Waals surface area contributed by atoms with Crippen molar-refractivity contribution < 1.29 is 0 Å². The second-order valence-corrected chi connectivity index (χ2v) is 6.46. The van der Waals surface area contributed by atoms with E-state index < -0.39 is 0 Å². The summed E-state index contributed by atoms with van der Waals surface area (Å²) in [6, 6.07) is 9.05. The predicted octanol–water partition coefficient (Wildman–Crippen LogP) is 3.38. The lowest BCUT2D eigenvalue weighted by Crippen LogP contribution is -2.21. The molecule has 108 valence electrons. The van der Waals surface area contributed by atoms with Crippen LogP contribution in [0.2, 0.25) is 0 Å². The third-order valence-corrected chi connectivity index (χ3v) is 4.39. The van der Waals surface area contributed by atoms with Gasteiger partial charge in [0, 0.05) is 11.9 Å². The Kier molecular flexibility index (Phi) is 4.91. The van der Waals surface area contributed by atoms with Crippen molar-refractivity contribution in [1.82, 2.24) is 9.88 Å². The van der Waals surface area contributed by atoms with Crippen molar-refractivity contribution in [3.8, 4) is 0 Å². The molecule has 0 spiro atoms. The lowest BCUT2D eigenvalue weighted by Gasteiger charge is -2.23. The summed E-state index contributed by atoms with van der Waals surface area (Å²) in [6.45, 7) is 4.93. The number of aromatic nitrogens is 1. The van der Waals surface area contributed by atoms with Crippen LogP contribution in [0.4, 0.5) is 0 Å². The van der Waals surface area contributed by atoms with Crippen LogP contribution in [0.1, 0.15) is 47.6 Å². The van der Waals surface area contributed by atoms with Crippen LogP contribution in [0.15, 0.2) is 29.6 Å². The van der Waals surface area contributed by atoms with Gasteiger partial charge in [-0.25, -0.2) is 4.98 Å². The second-order valence-electron chi connectivity index (χ2n) is 5.57. The van der Waals surface area contributed by atoms with Gasteiger partial charge in [0.2, 0.25) is 0 Å². The van der Waals surface area contributed by atoms with Gasteiger partial charge in [0.15, 0.2) is 0 Å². The Morgan fingerprint density at radius 2 is 1.75 bits per heavy atom. The maximum absolute atomic E-state index is 5.66. The number of rotatable bonds is 5. The summed E-state index contributed by atoms with van der Waals surface area (Å²) in [5.74, 6) is 0.561. The molecule has 0 aliphatic carbocycles. The highest BCUT2D eigenvalue weighted by molar-refractivity contribution is 7.09. The van der Waals surface area contributed by atoms with Gasteiger partial charge in [-0.3, -0.25) is 4.90 Å². The highest BCUT2D eigenvalue weighted by Crippen LogP contribution is 2.30. The summed E-state index contributed by atoms with van der Waals surface area (Å²) >= 11 is 1.68. The number of hydrogen-bond donors (Lipinski definition) is 1. The number of nitrogens with zero attached hydrogens (tertiary/aromatic N) is 2. The van der Waals surface area contributed by atoms with Crippen LogP contribution in [0.3, 0.4) is 0 Å². The molecular formula is C16H23N3S. The third-order valence-electron chi connectivity index (χ3n) is 3.45. The highest BCUT2D eigenvalue weighted by Gasteiger charge is 2.20. The first-order chi connectivity index (χ1) is 9.52. The van der Waals surface area contributed by atoms with E-state index in [0.29, 0.717) is 12.5 Å². The van der Waals surface area contributed by atoms with E-state index in [-0.39, 0.29) is 6.04 Å². The first kappa shape index (κ1) is 15.2. The van der Waals surface area contributed by atoms with Crippen molar-refractivity contribution in [3.63, 3.8) is 0 Å². The van der Waals surface area contributed by atoms with E-state index in [2.05, 4.69) is 62.1 Å². The predicted molar refractivity (Wildman–Crippen MR) is 86.1 cm³/mol. The van der Waals surface area contributed by atoms with Gasteiger partial charge in [-0.15, -0.1) is 11.3 Å². The van der Waals surface area contributed by atoms with Crippen LogP contribution < -0.4 is 5.73 Å². The molecule has 4 heteroatoms. The zero-order chi connectivity index (χ0) is 14.7. The van der Waals surface area contributed by atoms with Crippen LogP contribution in [-0.2, 0) is 6.54 Å². The van der Waals surface area contributed by atoms with Gasteiger partial charge < -0.3 is 5.73 Å². The van der Waals surface area contributed by atoms with Gasteiger partial charge >= 0.3 is 0 Å². The van der Waals surface area contributed by atoms with Crippen molar-refractivity contribution in [2.24, 2.45) is 5.73 Å². The van der Waals surface area contributed by atoms with Crippen molar-refractivity contribution in [1.29, 1.82) is 0 Å². The van der Waals surface area contributed by atoms with Crippen LogP contribution in [0.25, 0.3) is 0 Å². The lowest BCUT2D eigenvalue weighted by atomic mass is 9.99. The summed E-state index contributed by atoms with van der Waals surface area (Å²) in [4.78, 5) is 6.83. The molecule has 20 heavy (non-hydrogen) atoms. The Bertz CT molecular complexity index is 543. The smallest absolute Gasteiger partial charge is 0.115 e. The molecule has 1 atom stereocenters. The standard InChI is InChI=1S/C16H23N3S/c1-11(2)12-5-7-13(8-6-12)15(19(3)4)16-18-14(9-17)10-20-16/h5-8,10-11,15H,9,17H2,1-4H3. The van der Waals surface area contributed by atoms with Crippen molar-refractivity contribution in [2.45, 2.75) is 32.4 Å². The maximum Gasteiger partial charge on any atom is 0.115 e. The van der Waals surface area contributed by atoms with E-state index in [1.54, 1.807) is 11.3 Å². The SMILES string of the molecule is CC(C)c1ccc(C(c2nc(CN)cs2)N(C)C)cc1. The van der Waals surface area contributed by atoms with Crippen molar-refractivity contribution in [2.75, 3.05) is 14.1 Å². The number of hydrogen-bond acceptors (Lipinski definition) is 4. The van der Waals surface area contributed by atoms with Crippen molar-refractivity contribution >= 4 is 11.3 Å². The number of thiazole rings is 1. The molecule has 2 aromatic rings. The Morgan fingerprint density at radius 1 is 1.15 bits per heavy atom. The molecule has 0 saturated carbocycles. The third kappa shape index (κ3) is 3.26. The number of nitrogens with two attached hydrogens (primary N) is 1. The van der Waals surface area contributed by atoms with Gasteiger partial charge in [0.05, 0.1) is 11.7 Å². The summed E-state index contributed by atoms with van der Waals surface area (Å²) < 4.78 is 0. The molecule has 0 fully saturated rings. The monoisotopic (exact) mass is 289 g/mol. The molecule has 0 radical (unpaired) electrons. The minimum atomic E-state index is 0.196. The topological polar surface area (TPSA) is 42.1 Å². The normalized spacial score (nSPS) is 13.2. The summed E-state index contributed by atoms with van der Waals surface area (Å²) in [7, 11) is 4.18. The Hall–Kier alpha value is -1.23. The molecule has 0 aliphatic rings. The summed E-state index contributed by atoms with van der Waals surface area (Å²) in [5.41, 5.74) is 9.27. The molecular weight excluding hydrogens is 266 g/mol. The van der Waals surface area contributed by atoms with Crippen LogP contribution in [0, 0.1) is 0 Å². The molecule has 1 unspecified atom stereocenters. The average molecular weight is 289 g/mol. The zero-order valence-electron chi connectivity index (χ0n) is 12.6. The molecule has 2 rings (SSSR count). The van der Waals surface area contributed by atoms with Gasteiger partial charge in [-0.05, 0) is 31.1 Å². The van der Waals surface area contributed by atoms with E-state index in [1.165, 1.54) is 11.1 Å². The Balaban J connectivity index is 2.33. The van der Waals surface area contributed by atoms with Gasteiger partial charge in [0.25, 0.3) is 0 Å². The quantitative estimate of drug-likeness (QED) is 0.917. The average Bonchev–Trinajstić information content (AvgIpc) is 2.87. The van der Waals surface area contributed by atoms with Crippen LogP contribution >= 0.6 is 11.3 Å². The largest absolute Gasteiger partial charge is 0.325 e. The lowest BCUT2D eigenvalue weighted by molar-refractivity contribution is 0.341. The fourth-order valence-corrected chi connectivity index (χ4v) is 3.32. The Morgan fingerprint density at radius 3 is 2.20 bits per heavy atom. The molecule has 0 saturated heterocycles. The summed E-state index contributed by atoms with van der Waals surface area (Å²) in [6.07, 6.45) is 0. The van der Waals surface area contributed by atoms with Gasteiger partial charge in [-0.1, -0.05) is 38.1 Å². The molecule has 1 heterocycles. The second kappa shape index (κ2) is 6.48. The molecule has 0 aliphatic heterocycles. The van der Waals surface area contributed by atoms with Crippen LogP contribution in [-0.4, -0.2) is 24.0 Å². The van der Waals surface area contributed by atoms with Crippen LogP contribution in [0.5, 0.6) is 0 Å². The first-order valence-electron chi connectivity index (χ1n) is 6.93. The van der Waals surface area contributed by atoms with Gasteiger partial charge in [-0.2, -0.15) is 0 Å². The molecule has 1 aromatic heterocycles. The van der Waals surface area contributed by atoms with E-state index in [0.717, 1.165) is 10.7 Å². The molecule has 3 nitrogen and oxygen atoms in total. The summed E-state index contributed by atoms with van der Waals surface area (Å²) in [5, 5.41) is 3.15. The number of benzene rings is 1. The minimum absolute atomic E-state index is 0.196. The molecule has 2 N–H and O–H groups in total. The first-order valence-corrected chi connectivity index (χ1v) is 7.81. The zero-order valence-corrected chi connectivity index (χ0v) is 13.4. The molecule has 0 bridgehead atoms. The van der Waals surface area contributed by atoms with E-state index >= 15 is 0 Å². The van der Waals surface area contributed by atoms with E-state index in [4.69, 9.17) is 5.73 Å². The van der Waals surface area contributed by atoms with E-state index in [1.807, 2.05) is 5.38 Å². The van der Waals surface area contributed by atoms with Crippen molar-refractivity contribution in [3.05, 3.63) is 51.5 Å². The highest BCUT2D eigenvalue weighted by atomic mass is 32.1. The maximum atomic E-state index is 5.66. The fraction of sp³-hybridized carbons (Fsp3) is 0.438. The minimum Gasteiger partial charge on any atom is -0.325 e. The van der Waals surface area contributed by atoms with E-state index in [9.17, 15) is 0 Å². The molecule has 1 aromatic carbocycles. The fourth-order valence-electron chi connectivity index (χ4n) is 2.27. The Labute approximate surface area is 125 Å².